The Balaban J connectivity index is 1.99. The number of piperidine rings is 1. The van der Waals surface area contributed by atoms with Crippen LogP contribution in [0.15, 0.2) is 16.6 Å². The van der Waals surface area contributed by atoms with E-state index in [0.29, 0.717) is 6.42 Å². The Kier molecular flexibility index (Phi) is 4.09. The van der Waals surface area contributed by atoms with Crippen molar-refractivity contribution in [3.05, 3.63) is 33.8 Å². The molecular weight excluding hydrogens is 400 g/mol. The van der Waals surface area contributed by atoms with Crippen LogP contribution in [-0.2, 0) is 14.9 Å². The summed E-state index contributed by atoms with van der Waals surface area (Å²) in [6, 6.07) is 1.24. The van der Waals surface area contributed by atoms with Gasteiger partial charge in [0.15, 0.2) is 0 Å². The molecule has 5 nitrogen and oxygen atoms in total. The largest absolute Gasteiger partial charge is 0.480 e. The fraction of sp³-hybridized carbons (Fsp3) is 0.529. The molecule has 0 bridgehead atoms. The number of ether oxygens (including phenoxy) is 1. The summed E-state index contributed by atoms with van der Waals surface area (Å²) in [5.41, 5.74) is -1.99. The monoisotopic (exact) mass is 417 g/mol. The molecule has 1 aliphatic carbocycles. The number of carbonyl (C=O) groups excluding carboxylic acids is 1. The first-order chi connectivity index (χ1) is 11.5. The second kappa shape index (κ2) is 5.65. The number of carboxylic acid groups (broad SMARTS) is 1. The first-order valence-corrected chi connectivity index (χ1v) is 8.63. The lowest BCUT2D eigenvalue weighted by Crippen LogP contribution is -2.46. The molecule has 8 heteroatoms. The third-order valence-corrected chi connectivity index (χ3v) is 5.34. The highest BCUT2D eigenvalue weighted by Crippen LogP contribution is 2.63. The smallest absolute Gasteiger partial charge is 0.411 e. The van der Waals surface area contributed by atoms with Gasteiger partial charge in [0, 0.05) is 23.4 Å². The summed E-state index contributed by atoms with van der Waals surface area (Å²) in [5.74, 6) is -3.24. The Hall–Kier alpha value is -1.70. The number of hydrogen-bond donors (Lipinski definition) is 1. The van der Waals surface area contributed by atoms with Crippen molar-refractivity contribution in [2.24, 2.45) is 5.92 Å². The minimum atomic E-state index is -1.20. The molecule has 1 saturated heterocycles. The predicted molar refractivity (Wildman–Crippen MR) is 88.2 cm³/mol. The number of halogens is 3. The number of rotatable bonds is 2. The van der Waals surface area contributed by atoms with Gasteiger partial charge in [0.05, 0.1) is 4.47 Å². The zero-order chi connectivity index (χ0) is 18.7. The third kappa shape index (κ3) is 2.90. The number of aliphatic carboxylic acids is 1. The normalized spacial score (nSPS) is 27.8. The lowest BCUT2D eigenvalue weighted by Gasteiger charge is -2.29. The van der Waals surface area contributed by atoms with Gasteiger partial charge in [-0.2, -0.15) is 0 Å². The van der Waals surface area contributed by atoms with Gasteiger partial charge in [-0.25, -0.2) is 18.4 Å². The van der Waals surface area contributed by atoms with Crippen LogP contribution in [0.2, 0.25) is 0 Å². The molecule has 1 unspecified atom stereocenters. The second-order valence-electron chi connectivity index (χ2n) is 7.58. The molecule has 1 aromatic rings. The Bertz CT molecular complexity index is 764. The minimum Gasteiger partial charge on any atom is -0.480 e. The molecule has 1 N–H and O–H groups in total. The summed E-state index contributed by atoms with van der Waals surface area (Å²) in [7, 11) is 0. The van der Waals surface area contributed by atoms with E-state index < -0.39 is 46.7 Å². The maximum Gasteiger partial charge on any atom is 0.411 e. The average Bonchev–Trinajstić information content (AvgIpc) is 3.06. The van der Waals surface area contributed by atoms with E-state index in [4.69, 9.17) is 4.74 Å². The highest BCUT2D eigenvalue weighted by atomic mass is 79.9. The fourth-order valence-electron chi connectivity index (χ4n) is 3.70. The molecule has 1 saturated carbocycles. The number of benzene rings is 1. The molecule has 0 radical (unpaired) electrons. The lowest BCUT2D eigenvalue weighted by atomic mass is 9.93. The maximum atomic E-state index is 14.5. The van der Waals surface area contributed by atoms with E-state index in [2.05, 4.69) is 15.9 Å². The Morgan fingerprint density at radius 1 is 1.36 bits per heavy atom. The van der Waals surface area contributed by atoms with Crippen molar-refractivity contribution in [3.63, 3.8) is 0 Å². The molecule has 2 aliphatic rings. The molecule has 1 heterocycles. The highest BCUT2D eigenvalue weighted by molar-refractivity contribution is 9.10. The molecule has 3 atom stereocenters. The number of fused-ring (bicyclic) bond motifs is 1. The first-order valence-electron chi connectivity index (χ1n) is 7.84. The summed E-state index contributed by atoms with van der Waals surface area (Å²) >= 11 is 3.03. The molecular formula is C17H18BrF2NO4. The van der Waals surface area contributed by atoms with Crippen LogP contribution in [-0.4, -0.2) is 40.3 Å². The van der Waals surface area contributed by atoms with Crippen LogP contribution in [0.1, 0.15) is 32.8 Å². The molecule has 2 fully saturated rings. The Morgan fingerprint density at radius 3 is 2.56 bits per heavy atom. The zero-order valence-electron chi connectivity index (χ0n) is 14.0. The van der Waals surface area contributed by atoms with Gasteiger partial charge in [0.25, 0.3) is 0 Å². The van der Waals surface area contributed by atoms with E-state index in [0.717, 1.165) is 11.0 Å². The molecule has 1 aliphatic heterocycles. The van der Waals surface area contributed by atoms with Crippen molar-refractivity contribution >= 4 is 28.0 Å². The van der Waals surface area contributed by atoms with Crippen molar-refractivity contribution in [2.75, 3.05) is 6.54 Å². The molecule has 136 valence electrons. The van der Waals surface area contributed by atoms with Gasteiger partial charge >= 0.3 is 12.1 Å². The Labute approximate surface area is 152 Å². The second-order valence-corrected chi connectivity index (χ2v) is 8.43. The van der Waals surface area contributed by atoms with Gasteiger partial charge in [0.2, 0.25) is 0 Å². The van der Waals surface area contributed by atoms with E-state index >= 15 is 0 Å². The zero-order valence-corrected chi connectivity index (χ0v) is 15.6. The summed E-state index contributed by atoms with van der Waals surface area (Å²) in [6.07, 6.45) is -0.476. The van der Waals surface area contributed by atoms with E-state index in [9.17, 15) is 23.5 Å². The number of likely N-dealkylation sites (tertiary alicyclic amines) is 1. The molecule has 1 amide bonds. The van der Waals surface area contributed by atoms with Crippen molar-refractivity contribution in [1.82, 2.24) is 4.90 Å². The van der Waals surface area contributed by atoms with Gasteiger partial charge in [-0.05, 0) is 55.3 Å². The van der Waals surface area contributed by atoms with E-state index in [1.165, 1.54) is 6.07 Å². The van der Waals surface area contributed by atoms with Gasteiger partial charge in [-0.1, -0.05) is 0 Å². The topological polar surface area (TPSA) is 66.8 Å². The summed E-state index contributed by atoms with van der Waals surface area (Å²) in [5, 5.41) is 9.54. The van der Waals surface area contributed by atoms with E-state index in [-0.39, 0.29) is 16.6 Å². The van der Waals surface area contributed by atoms with E-state index in [1.807, 2.05) is 0 Å². The number of nitrogens with zero attached hydrogens (tertiary/aromatic N) is 1. The summed E-state index contributed by atoms with van der Waals surface area (Å²) < 4.78 is 34.2. The summed E-state index contributed by atoms with van der Waals surface area (Å²) in [4.78, 5) is 25.2. The van der Waals surface area contributed by atoms with Crippen LogP contribution < -0.4 is 0 Å². The predicted octanol–water partition coefficient (Wildman–Crippen LogP) is 3.69. The van der Waals surface area contributed by atoms with Crippen molar-refractivity contribution in [2.45, 2.75) is 44.2 Å². The van der Waals surface area contributed by atoms with Crippen LogP contribution in [0.3, 0.4) is 0 Å². The van der Waals surface area contributed by atoms with Crippen LogP contribution in [0.4, 0.5) is 13.6 Å². The third-order valence-electron chi connectivity index (χ3n) is 4.73. The van der Waals surface area contributed by atoms with Crippen LogP contribution >= 0.6 is 15.9 Å². The Morgan fingerprint density at radius 2 is 2.00 bits per heavy atom. The number of carbonyl (C=O) groups is 2. The van der Waals surface area contributed by atoms with Crippen LogP contribution in [0, 0.1) is 17.6 Å². The first kappa shape index (κ1) is 18.1. The minimum absolute atomic E-state index is 0.0894. The molecule has 1 aromatic carbocycles. The number of hydrogen-bond acceptors (Lipinski definition) is 3. The molecule has 0 spiro atoms. The van der Waals surface area contributed by atoms with Crippen LogP contribution in [0.25, 0.3) is 0 Å². The molecule has 0 aromatic heterocycles. The van der Waals surface area contributed by atoms with Crippen molar-refractivity contribution < 1.29 is 28.2 Å². The van der Waals surface area contributed by atoms with Gasteiger partial charge in [-0.3, -0.25) is 4.90 Å². The number of amides is 1. The quantitative estimate of drug-likeness (QED) is 0.745. The number of carboxylic acids is 1. The van der Waals surface area contributed by atoms with Crippen LogP contribution in [0.5, 0.6) is 0 Å². The van der Waals surface area contributed by atoms with E-state index in [1.54, 1.807) is 20.8 Å². The highest BCUT2D eigenvalue weighted by Gasteiger charge is 2.70. The van der Waals surface area contributed by atoms with Gasteiger partial charge in [0.1, 0.15) is 23.3 Å². The molecule has 3 rings (SSSR count). The fourth-order valence-corrected chi connectivity index (χ4v) is 4.03. The average molecular weight is 418 g/mol. The lowest BCUT2D eigenvalue weighted by molar-refractivity contribution is -0.142. The molecule has 25 heavy (non-hydrogen) atoms. The summed E-state index contributed by atoms with van der Waals surface area (Å²) in [6.45, 7) is 4.91. The standard InChI is InChI=1S/C17H18BrF2NO4/c1-16(2,3)25-15(24)21-7-17(6-8(17)13(21)14(22)23)11-10(19)5-4-9(18)12(11)20/h4-5,8,13H,6-7H2,1-3H3,(H,22,23)/t8-,13?,17-/m0/s1. The SMILES string of the molecule is CC(C)(C)OC(=O)N1C[C@@]2(c3c(F)ccc(Br)c3F)C[C@H]2C1C(=O)O. The van der Waals surface area contributed by atoms with Crippen molar-refractivity contribution in [1.29, 1.82) is 0 Å². The van der Waals surface area contributed by atoms with Crippen molar-refractivity contribution in [3.8, 4) is 0 Å². The van der Waals surface area contributed by atoms with Gasteiger partial charge in [-0.15, -0.1) is 0 Å². The maximum absolute atomic E-state index is 14.5. The van der Waals surface area contributed by atoms with Gasteiger partial charge < -0.3 is 9.84 Å².